The Hall–Kier alpha value is -3.27. The molecule has 0 saturated carbocycles. The fourth-order valence-corrected chi connectivity index (χ4v) is 2.76. The van der Waals surface area contributed by atoms with Crippen molar-refractivity contribution in [3.05, 3.63) is 66.4 Å². The van der Waals surface area contributed by atoms with Crippen molar-refractivity contribution >= 4 is 0 Å². The van der Waals surface area contributed by atoms with Gasteiger partial charge in [0, 0.05) is 22.9 Å². The largest absolute Gasteiger partial charge is 0.573 e. The summed E-state index contributed by atoms with van der Waals surface area (Å²) in [6, 6.07) is 11.7. The Bertz CT molecular complexity index is 1030. The minimum Gasteiger partial charge on any atom is -0.406 e. The van der Waals surface area contributed by atoms with Crippen LogP contribution in [0, 0.1) is 0 Å². The number of aliphatic hydroxyl groups is 1. The third kappa shape index (κ3) is 5.63. The van der Waals surface area contributed by atoms with Crippen LogP contribution in [-0.4, -0.2) is 22.8 Å². The lowest BCUT2D eigenvalue weighted by Gasteiger charge is -2.13. The van der Waals surface area contributed by atoms with E-state index in [2.05, 4.69) is 14.5 Å². The molecule has 0 spiro atoms. The van der Waals surface area contributed by atoms with Gasteiger partial charge in [-0.15, -0.1) is 26.3 Å². The fourth-order valence-electron chi connectivity index (χ4n) is 2.76. The summed E-state index contributed by atoms with van der Waals surface area (Å²) in [4.78, 5) is 4.18. The third-order valence-corrected chi connectivity index (χ3v) is 3.88. The highest BCUT2D eigenvalue weighted by Gasteiger charge is 2.32. The molecule has 0 saturated heterocycles. The normalized spacial score (nSPS) is 12.0. The van der Waals surface area contributed by atoms with Crippen molar-refractivity contribution in [3.8, 4) is 33.9 Å². The van der Waals surface area contributed by atoms with Gasteiger partial charge in [0.25, 0.3) is 0 Å². The maximum Gasteiger partial charge on any atom is 0.573 e. The summed E-state index contributed by atoms with van der Waals surface area (Å²) in [5.41, 5.74) is 1.47. The number of aromatic nitrogens is 1. The molecule has 0 atom stereocenters. The quantitative estimate of drug-likeness (QED) is 0.529. The molecule has 30 heavy (non-hydrogen) atoms. The van der Waals surface area contributed by atoms with E-state index in [0.29, 0.717) is 11.1 Å². The zero-order valence-corrected chi connectivity index (χ0v) is 15.0. The van der Waals surface area contributed by atoms with E-state index < -0.39 is 30.8 Å². The molecule has 1 aromatic heterocycles. The zero-order chi connectivity index (χ0) is 21.9. The van der Waals surface area contributed by atoms with Gasteiger partial charge in [0.05, 0.1) is 12.3 Å². The van der Waals surface area contributed by atoms with Crippen molar-refractivity contribution in [2.75, 3.05) is 0 Å². The second-order valence-electron chi connectivity index (χ2n) is 6.04. The van der Waals surface area contributed by atoms with Gasteiger partial charge >= 0.3 is 12.7 Å². The molecule has 0 aliphatic heterocycles. The monoisotopic (exact) mass is 429 g/mol. The van der Waals surface area contributed by atoms with E-state index >= 15 is 0 Å². The van der Waals surface area contributed by atoms with Gasteiger partial charge in [-0.05, 0) is 35.9 Å². The van der Waals surface area contributed by atoms with Crippen LogP contribution < -0.4 is 9.47 Å². The summed E-state index contributed by atoms with van der Waals surface area (Å²) in [5.74, 6) is -0.876. The predicted octanol–water partition coefficient (Wildman–Crippen LogP) is 5.71. The van der Waals surface area contributed by atoms with Crippen molar-refractivity contribution < 1.29 is 40.9 Å². The molecule has 0 bridgehead atoms. The van der Waals surface area contributed by atoms with Crippen LogP contribution in [0.2, 0.25) is 0 Å². The number of ether oxygens (including phenoxy) is 2. The number of aliphatic hydroxyl groups excluding tert-OH is 1. The first-order chi connectivity index (χ1) is 14.0. The number of hydrogen-bond acceptors (Lipinski definition) is 4. The van der Waals surface area contributed by atoms with Crippen molar-refractivity contribution in [3.63, 3.8) is 0 Å². The van der Waals surface area contributed by atoms with E-state index in [1.807, 2.05) is 0 Å². The molecule has 0 fully saturated rings. The molecule has 0 aliphatic rings. The average molecular weight is 429 g/mol. The van der Waals surface area contributed by atoms with Gasteiger partial charge in [0.1, 0.15) is 11.5 Å². The lowest BCUT2D eigenvalue weighted by atomic mass is 10.0. The molecule has 10 heteroatoms. The summed E-state index contributed by atoms with van der Waals surface area (Å²) >= 11 is 0. The second-order valence-corrected chi connectivity index (χ2v) is 6.04. The lowest BCUT2D eigenvalue weighted by molar-refractivity contribution is -0.275. The molecular weight excluding hydrogens is 416 g/mol. The third-order valence-electron chi connectivity index (χ3n) is 3.88. The Balaban J connectivity index is 1.95. The molecule has 158 valence electrons. The molecule has 0 unspecified atom stereocenters. The van der Waals surface area contributed by atoms with Gasteiger partial charge in [-0.2, -0.15) is 0 Å². The van der Waals surface area contributed by atoms with Crippen molar-refractivity contribution in [1.29, 1.82) is 0 Å². The first-order valence-corrected chi connectivity index (χ1v) is 8.36. The summed E-state index contributed by atoms with van der Waals surface area (Å²) in [6.07, 6.45) is -8.38. The van der Waals surface area contributed by atoms with Crippen LogP contribution in [0.1, 0.15) is 5.56 Å². The van der Waals surface area contributed by atoms with Gasteiger partial charge < -0.3 is 14.6 Å². The molecular formula is C20H13F6NO3. The predicted molar refractivity (Wildman–Crippen MR) is 94.4 cm³/mol. The highest BCUT2D eigenvalue weighted by Crippen LogP contribution is 2.32. The van der Waals surface area contributed by atoms with Crippen LogP contribution in [0.25, 0.3) is 22.4 Å². The first-order valence-electron chi connectivity index (χ1n) is 8.36. The van der Waals surface area contributed by atoms with Gasteiger partial charge in [-0.25, -0.2) is 0 Å². The number of alkyl halides is 6. The summed E-state index contributed by atoms with van der Waals surface area (Å²) in [6.45, 7) is -0.501. The molecule has 1 N–H and O–H groups in total. The van der Waals surface area contributed by atoms with E-state index in [9.17, 15) is 31.4 Å². The Labute approximate surface area is 166 Å². The van der Waals surface area contributed by atoms with E-state index in [4.69, 9.17) is 0 Å². The fraction of sp³-hybridized carbons (Fsp3) is 0.150. The van der Waals surface area contributed by atoms with Gasteiger partial charge in [0.15, 0.2) is 0 Å². The van der Waals surface area contributed by atoms with E-state index in [0.717, 1.165) is 24.3 Å². The molecule has 3 aromatic rings. The van der Waals surface area contributed by atoms with Crippen LogP contribution in [0.5, 0.6) is 11.5 Å². The Morgan fingerprint density at radius 3 is 1.80 bits per heavy atom. The first kappa shape index (κ1) is 21.4. The standard InChI is InChI=1S/C20H13F6NO3/c21-19(22,23)29-16-5-1-3-12(8-16)14-7-15(11-28)18(27-10-14)13-4-2-6-17(9-13)30-20(24,25)26/h1-10,28H,11H2. The summed E-state index contributed by atoms with van der Waals surface area (Å²) < 4.78 is 82.4. The molecule has 1 heterocycles. The van der Waals surface area contributed by atoms with Crippen LogP contribution in [0.3, 0.4) is 0 Å². The van der Waals surface area contributed by atoms with Gasteiger partial charge in [-0.3, -0.25) is 4.98 Å². The number of hydrogen-bond donors (Lipinski definition) is 1. The van der Waals surface area contributed by atoms with Crippen LogP contribution >= 0.6 is 0 Å². The molecule has 3 rings (SSSR count). The number of halogens is 6. The number of rotatable bonds is 5. The molecule has 0 amide bonds. The van der Waals surface area contributed by atoms with E-state index in [-0.39, 0.29) is 16.8 Å². The Morgan fingerprint density at radius 1 is 0.733 bits per heavy atom. The molecule has 2 aromatic carbocycles. The summed E-state index contributed by atoms with van der Waals surface area (Å²) in [5, 5.41) is 9.69. The minimum atomic E-state index is -4.86. The van der Waals surface area contributed by atoms with Crippen LogP contribution in [-0.2, 0) is 6.61 Å². The lowest BCUT2D eigenvalue weighted by Crippen LogP contribution is -2.17. The van der Waals surface area contributed by atoms with E-state index in [1.54, 1.807) is 0 Å². The summed E-state index contributed by atoms with van der Waals surface area (Å²) in [7, 11) is 0. The minimum absolute atomic E-state index is 0.205. The van der Waals surface area contributed by atoms with Crippen LogP contribution in [0.15, 0.2) is 60.8 Å². The Morgan fingerprint density at radius 2 is 1.27 bits per heavy atom. The highest BCUT2D eigenvalue weighted by atomic mass is 19.4. The molecule has 0 aliphatic carbocycles. The van der Waals surface area contributed by atoms with E-state index in [1.165, 1.54) is 36.5 Å². The molecule has 4 nitrogen and oxygen atoms in total. The maximum atomic E-state index is 12.4. The topological polar surface area (TPSA) is 51.6 Å². The smallest absolute Gasteiger partial charge is 0.406 e. The second kappa shape index (κ2) is 8.23. The van der Waals surface area contributed by atoms with Gasteiger partial charge in [0.2, 0.25) is 0 Å². The van der Waals surface area contributed by atoms with Crippen molar-refractivity contribution in [2.24, 2.45) is 0 Å². The van der Waals surface area contributed by atoms with Crippen molar-refractivity contribution in [1.82, 2.24) is 4.98 Å². The number of nitrogens with zero attached hydrogens (tertiary/aromatic N) is 1. The number of pyridine rings is 1. The zero-order valence-electron chi connectivity index (χ0n) is 15.0. The number of benzene rings is 2. The average Bonchev–Trinajstić information content (AvgIpc) is 2.65. The SMILES string of the molecule is OCc1cc(-c2cccc(OC(F)(F)F)c2)cnc1-c1cccc(OC(F)(F)F)c1. The van der Waals surface area contributed by atoms with Crippen LogP contribution in [0.4, 0.5) is 26.3 Å². The highest BCUT2D eigenvalue weighted by molar-refractivity contribution is 5.71. The Kier molecular flexibility index (Phi) is 5.88. The maximum absolute atomic E-state index is 12.4. The van der Waals surface area contributed by atoms with Crippen molar-refractivity contribution in [2.45, 2.75) is 19.3 Å². The van der Waals surface area contributed by atoms with Gasteiger partial charge in [-0.1, -0.05) is 24.3 Å². The molecule has 0 radical (unpaired) electrons.